The predicted molar refractivity (Wildman–Crippen MR) is 77.8 cm³/mol. The van der Waals surface area contributed by atoms with Crippen LogP contribution in [0.1, 0.15) is 31.6 Å². The van der Waals surface area contributed by atoms with E-state index in [-0.39, 0.29) is 17.9 Å². The summed E-state index contributed by atoms with van der Waals surface area (Å²) in [6.45, 7) is 2.41. The van der Waals surface area contributed by atoms with E-state index in [0.29, 0.717) is 6.54 Å². The minimum atomic E-state index is -0.135. The zero-order chi connectivity index (χ0) is 14.1. The summed E-state index contributed by atoms with van der Waals surface area (Å²) in [6, 6.07) is 7.74. The smallest absolute Gasteiger partial charge is 0.223 e. The molecule has 4 nitrogen and oxygen atoms in total. The summed E-state index contributed by atoms with van der Waals surface area (Å²) in [7, 11) is 0. The first-order valence-corrected chi connectivity index (χ1v) is 6.89. The number of hydrogen-bond acceptors (Lipinski definition) is 2. The van der Waals surface area contributed by atoms with Crippen LogP contribution in [0.3, 0.4) is 0 Å². The molecule has 20 heavy (non-hydrogen) atoms. The van der Waals surface area contributed by atoms with Crippen LogP contribution in [0, 0.1) is 18.3 Å². The lowest BCUT2D eigenvalue weighted by Gasteiger charge is -2.14. The highest BCUT2D eigenvalue weighted by atomic mass is 16.2. The van der Waals surface area contributed by atoms with Gasteiger partial charge < -0.3 is 9.88 Å². The third-order valence-electron chi connectivity index (χ3n) is 3.63. The van der Waals surface area contributed by atoms with E-state index in [4.69, 9.17) is 6.42 Å². The van der Waals surface area contributed by atoms with Crippen LogP contribution in [0.2, 0.25) is 0 Å². The zero-order valence-electron chi connectivity index (χ0n) is 11.5. The number of hydrogen-bond donors (Lipinski definition) is 1. The van der Waals surface area contributed by atoms with Crippen LogP contribution in [0.25, 0.3) is 11.0 Å². The second kappa shape index (κ2) is 5.01. The Morgan fingerprint density at radius 2 is 2.30 bits per heavy atom. The molecule has 0 bridgehead atoms. The molecule has 4 heteroatoms. The van der Waals surface area contributed by atoms with Crippen molar-refractivity contribution in [2.75, 3.05) is 0 Å². The first-order chi connectivity index (χ1) is 9.70. The monoisotopic (exact) mass is 267 g/mol. The van der Waals surface area contributed by atoms with Gasteiger partial charge in [-0.25, -0.2) is 4.98 Å². The predicted octanol–water partition coefficient (Wildman–Crippen LogP) is 2.26. The molecule has 1 atom stereocenters. The van der Waals surface area contributed by atoms with Gasteiger partial charge in [-0.1, -0.05) is 18.1 Å². The number of amides is 1. The molecule has 1 aromatic carbocycles. The molecule has 0 aliphatic heterocycles. The molecule has 102 valence electrons. The Bertz CT molecular complexity index is 691. The maximum Gasteiger partial charge on any atom is 0.223 e. The number of benzene rings is 1. The van der Waals surface area contributed by atoms with Gasteiger partial charge >= 0.3 is 0 Å². The van der Waals surface area contributed by atoms with Crippen molar-refractivity contribution in [1.82, 2.24) is 14.9 Å². The molecule has 1 fully saturated rings. The zero-order valence-corrected chi connectivity index (χ0v) is 11.5. The summed E-state index contributed by atoms with van der Waals surface area (Å²) < 4.78 is 1.99. The summed E-state index contributed by atoms with van der Waals surface area (Å²) in [6.07, 6.45) is 7.45. The van der Waals surface area contributed by atoms with Crippen LogP contribution >= 0.6 is 0 Å². The summed E-state index contributed by atoms with van der Waals surface area (Å²) in [5, 5.41) is 3.03. The molecule has 0 radical (unpaired) electrons. The lowest BCUT2D eigenvalue weighted by atomic mass is 10.2. The van der Waals surface area contributed by atoms with Gasteiger partial charge in [-0.15, -0.1) is 6.42 Å². The van der Waals surface area contributed by atoms with Crippen LogP contribution in [0.5, 0.6) is 0 Å². The molecule has 1 unspecified atom stereocenters. The van der Waals surface area contributed by atoms with Crippen molar-refractivity contribution in [3.8, 4) is 12.3 Å². The first kappa shape index (κ1) is 12.7. The molecule has 1 amide bonds. The fraction of sp³-hybridized carbons (Fsp3) is 0.375. The van der Waals surface area contributed by atoms with Crippen molar-refractivity contribution < 1.29 is 4.79 Å². The van der Waals surface area contributed by atoms with Crippen LogP contribution in [-0.2, 0) is 11.3 Å². The molecule has 3 rings (SSSR count). The molecule has 2 aromatic rings. The average molecular weight is 267 g/mol. The minimum Gasteiger partial charge on any atom is -0.346 e. The molecule has 1 heterocycles. The Kier molecular flexibility index (Phi) is 3.19. The van der Waals surface area contributed by atoms with Gasteiger partial charge in [0.2, 0.25) is 5.91 Å². The molecular weight excluding hydrogens is 250 g/mol. The minimum absolute atomic E-state index is 0.122. The number of nitrogens with one attached hydrogen (secondary N) is 1. The van der Waals surface area contributed by atoms with Crippen LogP contribution in [-0.4, -0.2) is 15.5 Å². The second-order valence-corrected chi connectivity index (χ2v) is 5.25. The molecule has 0 saturated heterocycles. The Labute approximate surface area is 118 Å². The van der Waals surface area contributed by atoms with Crippen molar-refractivity contribution in [3.05, 3.63) is 30.1 Å². The van der Waals surface area contributed by atoms with E-state index < -0.39 is 0 Å². The highest BCUT2D eigenvalue weighted by molar-refractivity contribution is 5.81. The number of carbonyl (C=O) groups excluding carboxylic acids is 1. The fourth-order valence-electron chi connectivity index (χ4n) is 2.42. The van der Waals surface area contributed by atoms with Gasteiger partial charge in [0.1, 0.15) is 5.82 Å². The van der Waals surface area contributed by atoms with E-state index in [1.165, 1.54) is 0 Å². The molecule has 1 aliphatic rings. The Morgan fingerprint density at radius 1 is 1.55 bits per heavy atom. The van der Waals surface area contributed by atoms with Gasteiger partial charge in [0.05, 0.1) is 23.6 Å². The molecule has 1 saturated carbocycles. The highest BCUT2D eigenvalue weighted by Gasteiger charge is 2.31. The van der Waals surface area contributed by atoms with Gasteiger partial charge in [0.15, 0.2) is 0 Å². The van der Waals surface area contributed by atoms with Gasteiger partial charge in [-0.05, 0) is 31.9 Å². The normalized spacial score (nSPS) is 15.8. The third-order valence-corrected chi connectivity index (χ3v) is 3.63. The standard InChI is InChI=1S/C16H17N3O/c1-3-10-19-14-7-5-4-6-13(14)18-15(19)11(2)17-16(20)12-8-9-12/h1,4-7,11-12H,8-10H2,2H3,(H,17,20). The van der Waals surface area contributed by atoms with Crippen molar-refractivity contribution in [2.24, 2.45) is 5.92 Å². The summed E-state index contributed by atoms with van der Waals surface area (Å²) in [5.74, 6) is 3.79. The number of aromatic nitrogens is 2. The van der Waals surface area contributed by atoms with Crippen LogP contribution in [0.4, 0.5) is 0 Å². The van der Waals surface area contributed by atoms with E-state index in [1.54, 1.807) is 0 Å². The first-order valence-electron chi connectivity index (χ1n) is 6.89. The van der Waals surface area contributed by atoms with Gasteiger partial charge in [0.25, 0.3) is 0 Å². The van der Waals surface area contributed by atoms with Crippen molar-refractivity contribution in [1.29, 1.82) is 0 Å². The maximum atomic E-state index is 11.9. The maximum absolute atomic E-state index is 11.9. The summed E-state index contributed by atoms with van der Waals surface area (Å²) in [5.41, 5.74) is 1.92. The number of para-hydroxylation sites is 2. The molecule has 1 aliphatic carbocycles. The summed E-state index contributed by atoms with van der Waals surface area (Å²) in [4.78, 5) is 16.5. The third kappa shape index (κ3) is 2.27. The number of nitrogens with zero attached hydrogens (tertiary/aromatic N) is 2. The van der Waals surface area contributed by atoms with E-state index in [1.807, 2.05) is 35.8 Å². The number of rotatable bonds is 4. The highest BCUT2D eigenvalue weighted by Crippen LogP contribution is 2.30. The SMILES string of the molecule is C#CCn1c(C(C)NC(=O)C2CC2)nc2ccccc21. The Morgan fingerprint density at radius 3 is 3.00 bits per heavy atom. The largest absolute Gasteiger partial charge is 0.346 e. The van der Waals surface area contributed by atoms with Crippen LogP contribution in [0.15, 0.2) is 24.3 Å². The van der Waals surface area contributed by atoms with E-state index >= 15 is 0 Å². The Hall–Kier alpha value is -2.28. The lowest BCUT2D eigenvalue weighted by Crippen LogP contribution is -2.29. The Balaban J connectivity index is 1.94. The topological polar surface area (TPSA) is 46.9 Å². The lowest BCUT2D eigenvalue weighted by molar-refractivity contribution is -0.123. The van der Waals surface area contributed by atoms with Crippen molar-refractivity contribution in [3.63, 3.8) is 0 Å². The van der Waals surface area contributed by atoms with Gasteiger partial charge in [-0.2, -0.15) is 0 Å². The number of carbonyl (C=O) groups is 1. The van der Waals surface area contributed by atoms with Crippen LogP contribution < -0.4 is 5.32 Å². The molecule has 0 spiro atoms. The van der Waals surface area contributed by atoms with E-state index in [9.17, 15) is 4.79 Å². The van der Waals surface area contributed by atoms with E-state index in [2.05, 4.69) is 16.2 Å². The number of imidazole rings is 1. The van der Waals surface area contributed by atoms with E-state index in [0.717, 1.165) is 29.7 Å². The van der Waals surface area contributed by atoms with Crippen molar-refractivity contribution in [2.45, 2.75) is 32.4 Å². The second-order valence-electron chi connectivity index (χ2n) is 5.25. The average Bonchev–Trinajstić information content (AvgIpc) is 3.23. The van der Waals surface area contributed by atoms with Gasteiger partial charge in [-0.3, -0.25) is 4.79 Å². The van der Waals surface area contributed by atoms with Gasteiger partial charge in [0, 0.05) is 5.92 Å². The summed E-state index contributed by atoms with van der Waals surface area (Å²) >= 11 is 0. The number of terminal acetylenes is 1. The quantitative estimate of drug-likeness (QED) is 0.864. The molecule has 1 aromatic heterocycles. The number of fused-ring (bicyclic) bond motifs is 1. The molecular formula is C16H17N3O. The molecule has 1 N–H and O–H groups in total. The fourth-order valence-corrected chi connectivity index (χ4v) is 2.42. The van der Waals surface area contributed by atoms with Crippen molar-refractivity contribution >= 4 is 16.9 Å².